The van der Waals surface area contributed by atoms with E-state index in [2.05, 4.69) is 17.4 Å². The monoisotopic (exact) mass is 519 g/mol. The quantitative estimate of drug-likeness (QED) is 0.234. The zero-order valence-electron chi connectivity index (χ0n) is 20.7. The van der Waals surface area contributed by atoms with E-state index in [9.17, 15) is 8.42 Å². The molecule has 0 saturated carbocycles. The van der Waals surface area contributed by atoms with Crippen LogP contribution >= 0.6 is 0 Å². The van der Waals surface area contributed by atoms with Crippen LogP contribution in [0, 0.1) is 6.92 Å². The van der Waals surface area contributed by atoms with Gasteiger partial charge in [0, 0.05) is 18.3 Å². The normalized spacial score (nSPS) is 11.6. The van der Waals surface area contributed by atoms with Crippen molar-refractivity contribution in [2.24, 2.45) is 0 Å². The summed E-state index contributed by atoms with van der Waals surface area (Å²) >= 11 is 0. The van der Waals surface area contributed by atoms with Crippen LogP contribution in [0.4, 0.5) is 5.82 Å². The SMILES string of the molecule is Cc1ccn2c(NCc3ccccc3)c(-c3cccc(OS(=O)(=O)c4ccc5ccccc5c4)c3)nc2c1. The van der Waals surface area contributed by atoms with Crippen molar-refractivity contribution in [3.63, 3.8) is 0 Å². The molecule has 2 aromatic heterocycles. The number of benzene rings is 4. The van der Waals surface area contributed by atoms with E-state index in [0.29, 0.717) is 12.2 Å². The maximum atomic E-state index is 13.1. The third-order valence-corrected chi connectivity index (χ3v) is 7.65. The number of nitrogens with zero attached hydrogens (tertiary/aromatic N) is 2. The molecule has 6 nitrogen and oxygen atoms in total. The fourth-order valence-electron chi connectivity index (χ4n) is 4.49. The minimum absolute atomic E-state index is 0.107. The third kappa shape index (κ3) is 4.71. The molecule has 0 amide bonds. The minimum Gasteiger partial charge on any atom is -0.379 e. The smallest absolute Gasteiger partial charge is 0.339 e. The second-order valence-corrected chi connectivity index (χ2v) is 10.7. The molecule has 0 aliphatic rings. The van der Waals surface area contributed by atoms with Crippen molar-refractivity contribution in [1.29, 1.82) is 0 Å². The Morgan fingerprint density at radius 2 is 1.61 bits per heavy atom. The van der Waals surface area contributed by atoms with Crippen molar-refractivity contribution < 1.29 is 12.6 Å². The van der Waals surface area contributed by atoms with Crippen LogP contribution in [-0.2, 0) is 16.7 Å². The highest BCUT2D eigenvalue weighted by atomic mass is 32.2. The van der Waals surface area contributed by atoms with Crippen molar-refractivity contribution >= 4 is 32.4 Å². The second-order valence-electron chi connectivity index (χ2n) is 9.15. The number of anilines is 1. The third-order valence-electron chi connectivity index (χ3n) is 6.41. The Morgan fingerprint density at radius 3 is 2.45 bits per heavy atom. The first-order chi connectivity index (χ1) is 18.5. The molecule has 4 aromatic carbocycles. The molecular formula is C31H25N3O3S. The van der Waals surface area contributed by atoms with Gasteiger partial charge in [0.25, 0.3) is 0 Å². The van der Waals surface area contributed by atoms with E-state index < -0.39 is 10.1 Å². The summed E-state index contributed by atoms with van der Waals surface area (Å²) < 4.78 is 33.9. The van der Waals surface area contributed by atoms with Gasteiger partial charge in [0.15, 0.2) is 0 Å². The van der Waals surface area contributed by atoms with Crippen LogP contribution in [0.15, 0.2) is 120 Å². The van der Waals surface area contributed by atoms with E-state index in [1.807, 2.05) is 78.2 Å². The first-order valence-electron chi connectivity index (χ1n) is 12.3. The Balaban J connectivity index is 1.35. The number of hydrogen-bond acceptors (Lipinski definition) is 5. The number of rotatable bonds is 7. The maximum absolute atomic E-state index is 13.1. The molecule has 2 heterocycles. The molecule has 188 valence electrons. The number of pyridine rings is 1. The van der Waals surface area contributed by atoms with Gasteiger partial charge in [0.05, 0.1) is 0 Å². The molecule has 38 heavy (non-hydrogen) atoms. The average molecular weight is 520 g/mol. The summed E-state index contributed by atoms with van der Waals surface area (Å²) in [5.74, 6) is 1.04. The first-order valence-corrected chi connectivity index (χ1v) is 13.7. The average Bonchev–Trinajstić information content (AvgIpc) is 3.29. The number of aryl methyl sites for hydroxylation is 1. The predicted molar refractivity (Wildman–Crippen MR) is 151 cm³/mol. The lowest BCUT2D eigenvalue weighted by Crippen LogP contribution is -2.09. The van der Waals surface area contributed by atoms with Crippen LogP contribution in [-0.4, -0.2) is 17.8 Å². The summed E-state index contributed by atoms with van der Waals surface area (Å²) in [7, 11) is -4.03. The zero-order chi connectivity index (χ0) is 26.1. The number of aromatic nitrogens is 2. The molecule has 0 atom stereocenters. The van der Waals surface area contributed by atoms with E-state index in [4.69, 9.17) is 9.17 Å². The highest BCUT2D eigenvalue weighted by Crippen LogP contribution is 2.32. The van der Waals surface area contributed by atoms with Gasteiger partial charge in [0.2, 0.25) is 0 Å². The summed E-state index contributed by atoms with van der Waals surface area (Å²) in [6, 6.07) is 33.8. The molecule has 6 rings (SSSR count). The highest BCUT2D eigenvalue weighted by molar-refractivity contribution is 7.87. The number of imidazole rings is 1. The van der Waals surface area contributed by atoms with E-state index in [1.54, 1.807) is 36.4 Å². The maximum Gasteiger partial charge on any atom is 0.339 e. The molecule has 0 saturated heterocycles. The van der Waals surface area contributed by atoms with E-state index in [-0.39, 0.29) is 10.6 Å². The summed E-state index contributed by atoms with van der Waals surface area (Å²) in [6.07, 6.45) is 1.99. The molecule has 0 aliphatic heterocycles. The Labute approximate surface area is 221 Å². The lowest BCUT2D eigenvalue weighted by Gasteiger charge is -2.11. The molecule has 0 aliphatic carbocycles. The van der Waals surface area contributed by atoms with Gasteiger partial charge in [-0.3, -0.25) is 4.40 Å². The molecule has 0 radical (unpaired) electrons. The molecule has 0 unspecified atom stereocenters. The summed E-state index contributed by atoms with van der Waals surface area (Å²) in [5, 5.41) is 5.32. The molecule has 7 heteroatoms. The van der Waals surface area contributed by atoms with Gasteiger partial charge in [-0.2, -0.15) is 8.42 Å². The van der Waals surface area contributed by atoms with Crippen molar-refractivity contribution in [2.75, 3.05) is 5.32 Å². The van der Waals surface area contributed by atoms with Gasteiger partial charge in [-0.25, -0.2) is 4.98 Å². The lowest BCUT2D eigenvalue weighted by molar-refractivity contribution is 0.486. The zero-order valence-corrected chi connectivity index (χ0v) is 21.5. The number of fused-ring (bicyclic) bond motifs is 2. The number of nitrogens with one attached hydrogen (secondary N) is 1. The molecule has 0 fully saturated rings. The van der Waals surface area contributed by atoms with Gasteiger partial charge in [-0.15, -0.1) is 0 Å². The first kappa shape index (κ1) is 23.8. The Kier molecular flexibility index (Phi) is 6.05. The van der Waals surface area contributed by atoms with E-state index >= 15 is 0 Å². The fraction of sp³-hybridized carbons (Fsp3) is 0.0645. The summed E-state index contributed by atoms with van der Waals surface area (Å²) in [5.41, 5.74) is 4.49. The van der Waals surface area contributed by atoms with Gasteiger partial charge < -0.3 is 9.50 Å². The van der Waals surface area contributed by atoms with Gasteiger partial charge in [-0.1, -0.05) is 72.8 Å². The standard InChI is InChI=1S/C31H25N3O3S/c1-22-16-17-34-29(18-22)33-30(31(34)32-21-23-8-3-2-4-9-23)26-12-7-13-27(19-26)37-38(35,36)28-15-14-24-10-5-6-11-25(24)20-28/h2-20,32H,21H2,1H3. The Hall–Kier alpha value is -4.62. The topological polar surface area (TPSA) is 72.7 Å². The molecule has 1 N–H and O–H groups in total. The Morgan fingerprint density at radius 1 is 0.816 bits per heavy atom. The molecule has 6 aromatic rings. The van der Waals surface area contributed by atoms with Crippen molar-refractivity contribution in [3.8, 4) is 17.0 Å². The Bertz CT molecular complexity index is 1880. The van der Waals surface area contributed by atoms with Crippen LogP contribution in [0.1, 0.15) is 11.1 Å². The van der Waals surface area contributed by atoms with Crippen LogP contribution in [0.2, 0.25) is 0 Å². The molecule has 0 bridgehead atoms. The molecular weight excluding hydrogens is 494 g/mol. The van der Waals surface area contributed by atoms with Crippen LogP contribution in [0.5, 0.6) is 5.75 Å². The van der Waals surface area contributed by atoms with Gasteiger partial charge in [-0.05, 0) is 65.2 Å². The van der Waals surface area contributed by atoms with Crippen molar-refractivity contribution in [1.82, 2.24) is 9.38 Å². The lowest BCUT2D eigenvalue weighted by atomic mass is 10.1. The van der Waals surface area contributed by atoms with Gasteiger partial charge >= 0.3 is 10.1 Å². The largest absolute Gasteiger partial charge is 0.379 e. The number of hydrogen-bond donors (Lipinski definition) is 1. The second kappa shape index (κ2) is 9.68. The van der Waals surface area contributed by atoms with Crippen LogP contribution in [0.3, 0.4) is 0 Å². The van der Waals surface area contributed by atoms with E-state index in [0.717, 1.165) is 38.9 Å². The molecule has 0 spiro atoms. The van der Waals surface area contributed by atoms with E-state index in [1.165, 1.54) is 0 Å². The summed E-state index contributed by atoms with van der Waals surface area (Å²) in [4.78, 5) is 4.99. The fourth-order valence-corrected chi connectivity index (χ4v) is 5.45. The predicted octanol–water partition coefficient (Wildman–Crippen LogP) is 6.84. The van der Waals surface area contributed by atoms with Crippen LogP contribution in [0.25, 0.3) is 27.7 Å². The van der Waals surface area contributed by atoms with Crippen molar-refractivity contribution in [3.05, 3.63) is 127 Å². The van der Waals surface area contributed by atoms with Gasteiger partial charge in [0.1, 0.15) is 27.8 Å². The minimum atomic E-state index is -4.03. The summed E-state index contributed by atoms with van der Waals surface area (Å²) in [6.45, 7) is 2.64. The van der Waals surface area contributed by atoms with Crippen molar-refractivity contribution in [2.45, 2.75) is 18.4 Å². The van der Waals surface area contributed by atoms with Crippen LogP contribution < -0.4 is 9.50 Å². The highest BCUT2D eigenvalue weighted by Gasteiger charge is 2.19.